The van der Waals surface area contributed by atoms with Crippen LogP contribution in [0, 0.1) is 23.2 Å². The quantitative estimate of drug-likeness (QED) is 0.463. The Morgan fingerprint density at radius 2 is 2.11 bits per heavy atom. The van der Waals surface area contributed by atoms with Crippen LogP contribution in [0.1, 0.15) is 32.6 Å². The molecule has 3 saturated carbocycles. The highest BCUT2D eigenvalue weighted by molar-refractivity contribution is 5.18. The average Bonchev–Trinajstić information content (AvgIpc) is 2.27. The summed E-state index contributed by atoms with van der Waals surface area (Å²) in [6.07, 6.45) is 6.28. The maximum atomic E-state index is 2.52. The number of hydrogen-bond donors (Lipinski definition) is 0. The van der Waals surface area contributed by atoms with Crippen molar-refractivity contribution in [2.75, 3.05) is 0 Å². The van der Waals surface area contributed by atoms with Gasteiger partial charge >= 0.3 is 0 Å². The Morgan fingerprint density at radius 3 is 2.67 bits per heavy atom. The molecule has 3 aliphatic carbocycles. The van der Waals surface area contributed by atoms with E-state index in [1.807, 2.05) is 0 Å². The van der Waals surface area contributed by atoms with E-state index >= 15 is 0 Å². The zero-order valence-electron chi connectivity index (χ0n) is 6.06. The molecule has 0 heteroatoms. The molecule has 0 aromatic heterocycles. The van der Waals surface area contributed by atoms with E-state index in [0.29, 0.717) is 0 Å². The Bertz CT molecular complexity index is 157. The molecular weight excluding hydrogens is 108 g/mol. The van der Waals surface area contributed by atoms with Crippen LogP contribution in [-0.2, 0) is 0 Å². The molecule has 3 rings (SSSR count). The predicted octanol–water partition coefficient (Wildman–Crippen LogP) is 2.44. The van der Waals surface area contributed by atoms with Crippen molar-refractivity contribution in [2.45, 2.75) is 32.6 Å². The highest BCUT2D eigenvalue weighted by Crippen LogP contribution is 2.76. The van der Waals surface area contributed by atoms with Crippen molar-refractivity contribution in [1.82, 2.24) is 0 Å². The van der Waals surface area contributed by atoms with Crippen LogP contribution in [0.4, 0.5) is 0 Å². The third kappa shape index (κ3) is 0.342. The van der Waals surface area contributed by atoms with E-state index in [0.717, 1.165) is 5.41 Å². The third-order valence-corrected chi connectivity index (χ3v) is 4.34. The molecule has 50 valence electrons. The van der Waals surface area contributed by atoms with E-state index in [-0.39, 0.29) is 0 Å². The number of hydrogen-bond acceptors (Lipinski definition) is 0. The van der Waals surface area contributed by atoms with Gasteiger partial charge in [-0.05, 0) is 48.9 Å². The summed E-state index contributed by atoms with van der Waals surface area (Å²) >= 11 is 0. The molecule has 4 unspecified atom stereocenters. The fraction of sp³-hybridized carbons (Fsp3) is 1.00. The van der Waals surface area contributed by atoms with Crippen molar-refractivity contribution < 1.29 is 0 Å². The van der Waals surface area contributed by atoms with Crippen molar-refractivity contribution in [2.24, 2.45) is 23.2 Å². The average molecular weight is 122 g/mol. The summed E-state index contributed by atoms with van der Waals surface area (Å²) in [6, 6.07) is 0. The smallest absolute Gasteiger partial charge is 0.0261 e. The summed E-state index contributed by atoms with van der Waals surface area (Å²) in [6.45, 7) is 2.52. The molecule has 0 amide bonds. The molecular formula is C9H14. The first-order chi connectivity index (χ1) is 4.32. The zero-order chi connectivity index (χ0) is 6.06. The maximum Gasteiger partial charge on any atom is -0.0261 e. The molecule has 0 heterocycles. The van der Waals surface area contributed by atoms with Gasteiger partial charge in [0.15, 0.2) is 0 Å². The Kier molecular flexibility index (Phi) is 0.574. The number of rotatable bonds is 0. The van der Waals surface area contributed by atoms with E-state index < -0.39 is 0 Å². The Hall–Kier alpha value is 0. The van der Waals surface area contributed by atoms with Gasteiger partial charge in [0.05, 0.1) is 0 Å². The van der Waals surface area contributed by atoms with Crippen LogP contribution < -0.4 is 0 Å². The normalized spacial score (nSPS) is 68.3. The molecule has 0 aromatic rings. The lowest BCUT2D eigenvalue weighted by molar-refractivity contribution is 0.459. The standard InChI is InChI=1S/C9H14/c1-9-5-4-6-2-3-7(9)8(6)9/h6-8H,2-5H2,1H3. The van der Waals surface area contributed by atoms with E-state index in [1.54, 1.807) is 25.7 Å². The minimum atomic E-state index is 0.878. The van der Waals surface area contributed by atoms with Crippen molar-refractivity contribution >= 4 is 0 Å². The molecule has 0 nitrogen and oxygen atoms in total. The molecule has 0 aromatic carbocycles. The van der Waals surface area contributed by atoms with Gasteiger partial charge in [0, 0.05) is 0 Å². The molecule has 4 atom stereocenters. The van der Waals surface area contributed by atoms with E-state index in [1.165, 1.54) is 17.8 Å². The Morgan fingerprint density at radius 1 is 1.22 bits per heavy atom. The van der Waals surface area contributed by atoms with Crippen LogP contribution in [0.5, 0.6) is 0 Å². The van der Waals surface area contributed by atoms with Gasteiger partial charge in [-0.15, -0.1) is 0 Å². The van der Waals surface area contributed by atoms with Crippen LogP contribution in [0.25, 0.3) is 0 Å². The van der Waals surface area contributed by atoms with Gasteiger partial charge in [-0.25, -0.2) is 0 Å². The van der Waals surface area contributed by atoms with Gasteiger partial charge in [0.1, 0.15) is 0 Å². The summed E-state index contributed by atoms with van der Waals surface area (Å²) in [5.41, 5.74) is 0.878. The SMILES string of the molecule is CC12CCC3CCC1C32. The van der Waals surface area contributed by atoms with Crippen molar-refractivity contribution in [1.29, 1.82) is 0 Å². The van der Waals surface area contributed by atoms with E-state index in [4.69, 9.17) is 0 Å². The van der Waals surface area contributed by atoms with Gasteiger partial charge in [-0.3, -0.25) is 0 Å². The summed E-state index contributed by atoms with van der Waals surface area (Å²) in [7, 11) is 0. The number of fused-ring (bicyclic) bond motifs is 1. The van der Waals surface area contributed by atoms with Crippen LogP contribution >= 0.6 is 0 Å². The lowest BCUT2D eigenvalue weighted by Crippen LogP contribution is -1.95. The molecule has 0 aliphatic heterocycles. The molecule has 0 saturated heterocycles. The second-order valence-electron chi connectivity index (χ2n) is 4.51. The van der Waals surface area contributed by atoms with Gasteiger partial charge in [0.25, 0.3) is 0 Å². The Labute approximate surface area is 56.6 Å². The predicted molar refractivity (Wildman–Crippen MR) is 37.0 cm³/mol. The largest absolute Gasteiger partial charge is 0.0591 e. The Balaban J connectivity index is 2.04. The van der Waals surface area contributed by atoms with Crippen LogP contribution in [0.15, 0.2) is 0 Å². The topological polar surface area (TPSA) is 0 Å². The van der Waals surface area contributed by atoms with Crippen molar-refractivity contribution in [3.8, 4) is 0 Å². The first-order valence-corrected chi connectivity index (χ1v) is 4.32. The van der Waals surface area contributed by atoms with E-state index in [2.05, 4.69) is 6.92 Å². The minimum Gasteiger partial charge on any atom is -0.0591 e. The van der Waals surface area contributed by atoms with Crippen LogP contribution in [0.3, 0.4) is 0 Å². The molecule has 0 N–H and O–H groups in total. The first-order valence-electron chi connectivity index (χ1n) is 4.32. The van der Waals surface area contributed by atoms with Crippen molar-refractivity contribution in [3.63, 3.8) is 0 Å². The molecule has 3 aliphatic rings. The minimum absolute atomic E-state index is 0.878. The molecule has 0 bridgehead atoms. The lowest BCUT2D eigenvalue weighted by Gasteiger charge is -2.04. The summed E-state index contributed by atoms with van der Waals surface area (Å²) in [5.74, 6) is 3.58. The first kappa shape index (κ1) is 4.76. The summed E-state index contributed by atoms with van der Waals surface area (Å²) < 4.78 is 0. The second kappa shape index (κ2) is 1.09. The lowest BCUT2D eigenvalue weighted by atomic mass is 10.0. The molecule has 0 radical (unpaired) electrons. The molecule has 0 spiro atoms. The maximum absolute atomic E-state index is 2.52. The fourth-order valence-corrected chi connectivity index (χ4v) is 3.82. The summed E-state index contributed by atoms with van der Waals surface area (Å²) in [4.78, 5) is 0. The summed E-state index contributed by atoms with van der Waals surface area (Å²) in [5, 5.41) is 0. The van der Waals surface area contributed by atoms with Crippen LogP contribution in [-0.4, -0.2) is 0 Å². The van der Waals surface area contributed by atoms with Crippen LogP contribution in [0.2, 0.25) is 0 Å². The highest BCUT2D eigenvalue weighted by atomic mass is 14.7. The second-order valence-corrected chi connectivity index (χ2v) is 4.51. The molecule has 3 fully saturated rings. The fourth-order valence-electron chi connectivity index (χ4n) is 3.82. The van der Waals surface area contributed by atoms with E-state index in [9.17, 15) is 0 Å². The van der Waals surface area contributed by atoms with Gasteiger partial charge in [-0.1, -0.05) is 6.92 Å². The van der Waals surface area contributed by atoms with Gasteiger partial charge < -0.3 is 0 Å². The zero-order valence-corrected chi connectivity index (χ0v) is 6.06. The van der Waals surface area contributed by atoms with Crippen molar-refractivity contribution in [3.05, 3.63) is 0 Å². The van der Waals surface area contributed by atoms with Gasteiger partial charge in [0.2, 0.25) is 0 Å². The third-order valence-electron chi connectivity index (χ3n) is 4.34. The highest BCUT2D eigenvalue weighted by Gasteiger charge is 2.69. The monoisotopic (exact) mass is 122 g/mol. The van der Waals surface area contributed by atoms with Gasteiger partial charge in [-0.2, -0.15) is 0 Å². The molecule has 9 heavy (non-hydrogen) atoms.